The van der Waals surface area contributed by atoms with Gasteiger partial charge in [-0.25, -0.2) is 13.2 Å². The summed E-state index contributed by atoms with van der Waals surface area (Å²) in [6, 6.07) is 22.1. The van der Waals surface area contributed by atoms with Gasteiger partial charge in [0.25, 0.3) is 0 Å². The standard InChI is InChI=1S/C22H17NO4S/c1-2-28(25,26)21-6-4-3-5-20(21)22(24)27-19-13-11-18(12-14-19)17-9-7-16(15-23)8-10-17/h3-14H,2H2,1H3. The Bertz CT molecular complexity index is 1140. The highest BCUT2D eigenvalue weighted by Gasteiger charge is 2.21. The number of rotatable bonds is 5. The number of ether oxygens (including phenoxy) is 1. The van der Waals surface area contributed by atoms with Gasteiger partial charge in [0.05, 0.1) is 27.8 Å². The van der Waals surface area contributed by atoms with Crippen molar-refractivity contribution in [3.63, 3.8) is 0 Å². The minimum atomic E-state index is -3.54. The lowest BCUT2D eigenvalue weighted by Gasteiger charge is -2.10. The fourth-order valence-electron chi connectivity index (χ4n) is 2.68. The van der Waals surface area contributed by atoms with Crippen LogP contribution in [-0.2, 0) is 9.84 Å². The first-order valence-corrected chi connectivity index (χ1v) is 10.2. The Kier molecular flexibility index (Phi) is 5.57. The average molecular weight is 391 g/mol. The maximum absolute atomic E-state index is 12.5. The number of carbonyl (C=O) groups is 1. The number of sulfone groups is 1. The first-order valence-electron chi connectivity index (χ1n) is 8.59. The second kappa shape index (κ2) is 8.07. The van der Waals surface area contributed by atoms with Gasteiger partial charge in [0.1, 0.15) is 5.75 Å². The number of carbonyl (C=O) groups excluding carboxylic acids is 1. The van der Waals surface area contributed by atoms with Gasteiger partial charge in [0.15, 0.2) is 9.84 Å². The zero-order chi connectivity index (χ0) is 20.1. The van der Waals surface area contributed by atoms with E-state index >= 15 is 0 Å². The molecule has 5 nitrogen and oxygen atoms in total. The van der Waals surface area contributed by atoms with Crippen LogP contribution in [0.3, 0.4) is 0 Å². The molecule has 0 aliphatic heterocycles. The summed E-state index contributed by atoms with van der Waals surface area (Å²) in [6.07, 6.45) is 0. The summed E-state index contributed by atoms with van der Waals surface area (Å²) in [6.45, 7) is 1.53. The normalized spacial score (nSPS) is 10.9. The fourth-order valence-corrected chi connectivity index (χ4v) is 3.76. The molecule has 0 amide bonds. The van der Waals surface area contributed by atoms with Gasteiger partial charge in [-0.1, -0.05) is 43.3 Å². The molecule has 0 radical (unpaired) electrons. The Balaban J connectivity index is 1.81. The van der Waals surface area contributed by atoms with Gasteiger partial charge in [0, 0.05) is 0 Å². The highest BCUT2D eigenvalue weighted by Crippen LogP contribution is 2.24. The van der Waals surface area contributed by atoms with Gasteiger partial charge in [-0.2, -0.15) is 5.26 Å². The zero-order valence-electron chi connectivity index (χ0n) is 15.1. The van der Waals surface area contributed by atoms with E-state index in [0.29, 0.717) is 11.3 Å². The van der Waals surface area contributed by atoms with Gasteiger partial charge in [-0.3, -0.25) is 0 Å². The molecular formula is C22H17NO4S. The molecule has 0 saturated heterocycles. The molecule has 0 unspecified atom stereocenters. The first-order chi connectivity index (χ1) is 13.4. The number of benzene rings is 3. The number of nitrogens with zero attached hydrogens (tertiary/aromatic N) is 1. The molecule has 0 saturated carbocycles. The molecule has 0 atom stereocenters. The second-order valence-corrected chi connectivity index (χ2v) is 8.25. The molecule has 0 aliphatic carbocycles. The van der Waals surface area contributed by atoms with Crippen LogP contribution in [-0.4, -0.2) is 20.1 Å². The molecule has 0 fully saturated rings. The third-order valence-corrected chi connectivity index (χ3v) is 6.02. The molecule has 0 aromatic heterocycles. The van der Waals surface area contributed by atoms with Crippen molar-refractivity contribution in [1.29, 1.82) is 5.26 Å². The van der Waals surface area contributed by atoms with Crippen molar-refractivity contribution in [3.05, 3.63) is 83.9 Å². The summed E-state index contributed by atoms with van der Waals surface area (Å²) in [4.78, 5) is 12.5. The van der Waals surface area contributed by atoms with E-state index in [9.17, 15) is 13.2 Å². The van der Waals surface area contributed by atoms with Crippen molar-refractivity contribution in [1.82, 2.24) is 0 Å². The van der Waals surface area contributed by atoms with Gasteiger partial charge in [-0.05, 0) is 47.5 Å². The summed E-state index contributed by atoms with van der Waals surface area (Å²) >= 11 is 0. The second-order valence-electron chi connectivity index (χ2n) is 6.00. The molecule has 28 heavy (non-hydrogen) atoms. The van der Waals surface area contributed by atoms with Gasteiger partial charge < -0.3 is 4.74 Å². The summed E-state index contributed by atoms with van der Waals surface area (Å²) in [5.41, 5.74) is 2.42. The lowest BCUT2D eigenvalue weighted by molar-refractivity contribution is 0.0730. The van der Waals surface area contributed by atoms with Gasteiger partial charge >= 0.3 is 5.97 Å². The van der Waals surface area contributed by atoms with Crippen LogP contribution < -0.4 is 4.74 Å². The Morgan fingerprint density at radius 3 is 2.07 bits per heavy atom. The van der Waals surface area contributed by atoms with E-state index in [4.69, 9.17) is 10.00 Å². The Labute approximate surface area is 163 Å². The van der Waals surface area contributed by atoms with Crippen molar-refractivity contribution < 1.29 is 17.9 Å². The van der Waals surface area contributed by atoms with E-state index < -0.39 is 15.8 Å². The van der Waals surface area contributed by atoms with E-state index in [1.54, 1.807) is 48.5 Å². The molecule has 0 bridgehead atoms. The number of hydrogen-bond donors (Lipinski definition) is 0. The Hall–Kier alpha value is -3.43. The maximum atomic E-state index is 12.5. The molecule has 3 rings (SSSR count). The van der Waals surface area contributed by atoms with Crippen LogP contribution in [0, 0.1) is 11.3 Å². The molecular weight excluding hydrogens is 374 g/mol. The number of esters is 1. The van der Waals surface area contributed by atoms with Gasteiger partial charge in [-0.15, -0.1) is 0 Å². The monoisotopic (exact) mass is 391 g/mol. The third-order valence-electron chi connectivity index (χ3n) is 4.23. The van der Waals surface area contributed by atoms with Crippen LogP contribution in [0.2, 0.25) is 0 Å². The summed E-state index contributed by atoms with van der Waals surface area (Å²) in [7, 11) is -3.54. The molecule has 0 aliphatic rings. The summed E-state index contributed by atoms with van der Waals surface area (Å²) < 4.78 is 29.8. The summed E-state index contributed by atoms with van der Waals surface area (Å²) in [5, 5.41) is 8.86. The largest absolute Gasteiger partial charge is 0.423 e. The molecule has 0 heterocycles. The SMILES string of the molecule is CCS(=O)(=O)c1ccccc1C(=O)Oc1ccc(-c2ccc(C#N)cc2)cc1. The van der Waals surface area contributed by atoms with Crippen molar-refractivity contribution in [2.45, 2.75) is 11.8 Å². The zero-order valence-corrected chi connectivity index (χ0v) is 15.9. The molecule has 3 aromatic rings. The molecule has 6 heteroatoms. The molecule has 3 aromatic carbocycles. The van der Waals surface area contributed by atoms with Crippen molar-refractivity contribution in [2.24, 2.45) is 0 Å². The van der Waals surface area contributed by atoms with E-state index in [1.165, 1.54) is 19.1 Å². The topological polar surface area (TPSA) is 84.2 Å². The van der Waals surface area contributed by atoms with Crippen LogP contribution >= 0.6 is 0 Å². The predicted octanol–water partition coefficient (Wildman–Crippen LogP) is 4.24. The fraction of sp³-hybridized carbons (Fsp3) is 0.0909. The van der Waals surface area contributed by atoms with E-state index in [0.717, 1.165) is 11.1 Å². The van der Waals surface area contributed by atoms with Crippen molar-refractivity contribution >= 4 is 15.8 Å². The Morgan fingerprint density at radius 1 is 0.929 bits per heavy atom. The third kappa shape index (κ3) is 4.11. The van der Waals surface area contributed by atoms with E-state index in [1.807, 2.05) is 12.1 Å². The minimum absolute atomic E-state index is 0.0144. The lowest BCUT2D eigenvalue weighted by Crippen LogP contribution is -2.15. The minimum Gasteiger partial charge on any atom is -0.423 e. The van der Waals surface area contributed by atoms with Crippen LogP contribution in [0.15, 0.2) is 77.7 Å². The van der Waals surface area contributed by atoms with Crippen LogP contribution in [0.5, 0.6) is 5.75 Å². The molecule has 0 N–H and O–H groups in total. The van der Waals surface area contributed by atoms with Crippen LogP contribution in [0.1, 0.15) is 22.8 Å². The smallest absolute Gasteiger partial charge is 0.344 e. The van der Waals surface area contributed by atoms with Gasteiger partial charge in [0.2, 0.25) is 0 Å². The highest BCUT2D eigenvalue weighted by molar-refractivity contribution is 7.91. The summed E-state index contributed by atoms with van der Waals surface area (Å²) in [5.74, 6) is -0.513. The lowest BCUT2D eigenvalue weighted by atomic mass is 10.0. The van der Waals surface area contributed by atoms with Crippen molar-refractivity contribution in [2.75, 3.05) is 5.75 Å². The molecule has 0 spiro atoms. The predicted molar refractivity (Wildman–Crippen MR) is 106 cm³/mol. The van der Waals surface area contributed by atoms with Crippen molar-refractivity contribution in [3.8, 4) is 22.9 Å². The quantitative estimate of drug-likeness (QED) is 0.480. The van der Waals surface area contributed by atoms with Crippen LogP contribution in [0.25, 0.3) is 11.1 Å². The average Bonchev–Trinajstić information content (AvgIpc) is 2.74. The van der Waals surface area contributed by atoms with Crippen LogP contribution in [0.4, 0.5) is 0 Å². The Morgan fingerprint density at radius 2 is 1.50 bits per heavy atom. The van der Waals surface area contributed by atoms with E-state index in [2.05, 4.69) is 6.07 Å². The number of nitriles is 1. The molecule has 140 valence electrons. The highest BCUT2D eigenvalue weighted by atomic mass is 32.2. The maximum Gasteiger partial charge on any atom is 0.344 e. The first kappa shape index (κ1) is 19.3. The number of hydrogen-bond acceptors (Lipinski definition) is 5. The van der Waals surface area contributed by atoms with E-state index in [-0.39, 0.29) is 16.2 Å².